The predicted molar refractivity (Wildman–Crippen MR) is 47.1 cm³/mol. The molecule has 1 saturated heterocycles. The van der Waals surface area contributed by atoms with Crippen LogP contribution in [0.5, 0.6) is 0 Å². The second kappa shape index (κ2) is 3.49. The lowest BCUT2D eigenvalue weighted by Gasteiger charge is -2.14. The maximum Gasteiger partial charge on any atom is 0.233 e. The van der Waals surface area contributed by atoms with Crippen LogP contribution in [0, 0.1) is 11.8 Å². The first-order chi connectivity index (χ1) is 7.11. The van der Waals surface area contributed by atoms with Gasteiger partial charge in [0.15, 0.2) is 0 Å². The van der Waals surface area contributed by atoms with Gasteiger partial charge in [-0.2, -0.15) is 0 Å². The number of amides is 2. The predicted octanol–water partition coefficient (Wildman–Crippen LogP) is -1.31. The Balaban J connectivity index is 2.20. The molecule has 5 heteroatoms. The second-order valence-electron chi connectivity index (χ2n) is 3.79. The molecule has 2 amide bonds. The summed E-state index contributed by atoms with van der Waals surface area (Å²) in [6.45, 7) is -0.620. The molecule has 0 aromatic rings. The Morgan fingerprint density at radius 1 is 1.27 bits per heavy atom. The van der Waals surface area contributed by atoms with Crippen LogP contribution in [0.3, 0.4) is 0 Å². The molecule has 2 atom stereocenters. The lowest BCUT2D eigenvalue weighted by atomic mass is 9.85. The van der Waals surface area contributed by atoms with Crippen molar-refractivity contribution in [2.45, 2.75) is 12.8 Å². The van der Waals surface area contributed by atoms with E-state index in [-0.39, 0.29) is 23.7 Å². The SMILES string of the molecule is O=C([O-])CN1C(=O)[C@H]2CC=CC[C@H]2C1=O. The number of carboxylic acids is 1. The van der Waals surface area contributed by atoms with Crippen LogP contribution in [0.15, 0.2) is 12.2 Å². The highest BCUT2D eigenvalue weighted by molar-refractivity contribution is 6.07. The minimum Gasteiger partial charge on any atom is -0.548 e. The van der Waals surface area contributed by atoms with Crippen LogP contribution in [-0.2, 0) is 14.4 Å². The number of carbonyl (C=O) groups is 3. The van der Waals surface area contributed by atoms with Crippen molar-refractivity contribution in [3.8, 4) is 0 Å². The Morgan fingerprint density at radius 3 is 2.13 bits per heavy atom. The number of nitrogens with zero attached hydrogens (tertiary/aromatic N) is 1. The third-order valence-corrected chi connectivity index (χ3v) is 2.89. The standard InChI is InChI=1S/C10H11NO4/c12-8(13)5-11-9(14)6-3-1-2-4-7(6)10(11)15/h1-2,6-7H,3-5H2,(H,12,13)/p-1/t6-,7+. The van der Waals surface area contributed by atoms with Gasteiger partial charge in [-0.05, 0) is 12.8 Å². The molecule has 0 saturated carbocycles. The number of likely N-dealkylation sites (tertiary alicyclic amines) is 1. The molecule has 0 N–H and O–H groups in total. The molecule has 1 heterocycles. The highest BCUT2D eigenvalue weighted by Gasteiger charge is 2.46. The topological polar surface area (TPSA) is 77.5 Å². The van der Waals surface area contributed by atoms with Gasteiger partial charge in [-0.3, -0.25) is 14.5 Å². The molecular formula is C10H10NO4-. The van der Waals surface area contributed by atoms with E-state index in [1.54, 1.807) is 0 Å². The van der Waals surface area contributed by atoms with Crippen molar-refractivity contribution in [3.63, 3.8) is 0 Å². The van der Waals surface area contributed by atoms with Crippen LogP contribution < -0.4 is 5.11 Å². The number of allylic oxidation sites excluding steroid dienone is 2. The van der Waals surface area contributed by atoms with Gasteiger partial charge < -0.3 is 9.90 Å². The fraction of sp³-hybridized carbons (Fsp3) is 0.500. The smallest absolute Gasteiger partial charge is 0.233 e. The number of rotatable bonds is 2. The molecule has 0 aromatic carbocycles. The largest absolute Gasteiger partial charge is 0.548 e. The van der Waals surface area contributed by atoms with Gasteiger partial charge in [0.2, 0.25) is 11.8 Å². The molecule has 2 aliphatic rings. The van der Waals surface area contributed by atoms with Gasteiger partial charge in [0, 0.05) is 0 Å². The Kier molecular flexibility index (Phi) is 2.30. The van der Waals surface area contributed by atoms with Crippen molar-refractivity contribution in [1.82, 2.24) is 4.90 Å². The Bertz CT molecular complexity index is 334. The van der Waals surface area contributed by atoms with E-state index in [4.69, 9.17) is 0 Å². The molecule has 0 bridgehead atoms. The summed E-state index contributed by atoms with van der Waals surface area (Å²) >= 11 is 0. The molecule has 1 aliphatic carbocycles. The number of fused-ring (bicyclic) bond motifs is 1. The summed E-state index contributed by atoms with van der Waals surface area (Å²) in [5.74, 6) is -2.87. The molecule has 80 valence electrons. The van der Waals surface area contributed by atoms with Crippen LogP contribution in [0.1, 0.15) is 12.8 Å². The average Bonchev–Trinajstić information content (AvgIpc) is 2.44. The summed E-state index contributed by atoms with van der Waals surface area (Å²) in [7, 11) is 0. The number of imide groups is 1. The highest BCUT2D eigenvalue weighted by Crippen LogP contribution is 2.34. The first-order valence-corrected chi connectivity index (χ1v) is 4.81. The summed E-state index contributed by atoms with van der Waals surface area (Å²) in [4.78, 5) is 34.5. The monoisotopic (exact) mass is 208 g/mol. The summed E-state index contributed by atoms with van der Waals surface area (Å²) in [5.41, 5.74) is 0. The summed E-state index contributed by atoms with van der Waals surface area (Å²) < 4.78 is 0. The molecule has 1 fully saturated rings. The van der Waals surface area contributed by atoms with Crippen LogP contribution >= 0.6 is 0 Å². The molecule has 0 aromatic heterocycles. The number of hydrogen-bond donors (Lipinski definition) is 0. The van der Waals surface area contributed by atoms with Crippen LogP contribution in [0.25, 0.3) is 0 Å². The molecule has 15 heavy (non-hydrogen) atoms. The minimum absolute atomic E-state index is 0.359. The van der Waals surface area contributed by atoms with E-state index in [1.165, 1.54) is 0 Å². The quantitative estimate of drug-likeness (QED) is 0.417. The first kappa shape index (κ1) is 9.89. The van der Waals surface area contributed by atoms with Gasteiger partial charge in [-0.15, -0.1) is 0 Å². The average molecular weight is 208 g/mol. The van der Waals surface area contributed by atoms with E-state index in [1.807, 2.05) is 12.2 Å². The van der Waals surface area contributed by atoms with Crippen molar-refractivity contribution in [2.75, 3.05) is 6.54 Å². The molecule has 1 aliphatic heterocycles. The molecule has 2 rings (SSSR count). The van der Waals surface area contributed by atoms with Gasteiger partial charge in [0.25, 0.3) is 0 Å². The molecule has 0 spiro atoms. The van der Waals surface area contributed by atoms with Gasteiger partial charge >= 0.3 is 0 Å². The lowest BCUT2D eigenvalue weighted by Crippen LogP contribution is -2.41. The fourth-order valence-electron chi connectivity index (χ4n) is 2.15. The third-order valence-electron chi connectivity index (χ3n) is 2.89. The van der Waals surface area contributed by atoms with E-state index in [0.717, 1.165) is 4.90 Å². The maximum absolute atomic E-state index is 11.7. The van der Waals surface area contributed by atoms with Crippen LogP contribution in [0.4, 0.5) is 0 Å². The molecule has 5 nitrogen and oxygen atoms in total. The zero-order chi connectivity index (χ0) is 11.0. The van der Waals surface area contributed by atoms with Crippen molar-refractivity contribution >= 4 is 17.8 Å². The summed E-state index contributed by atoms with van der Waals surface area (Å²) in [6.07, 6.45) is 4.77. The van der Waals surface area contributed by atoms with Crippen LogP contribution in [-0.4, -0.2) is 29.2 Å². The zero-order valence-electron chi connectivity index (χ0n) is 8.01. The molecular weight excluding hydrogens is 198 g/mol. The number of hydrogen-bond acceptors (Lipinski definition) is 4. The van der Waals surface area contributed by atoms with Crippen molar-refractivity contribution < 1.29 is 19.5 Å². The van der Waals surface area contributed by atoms with E-state index in [9.17, 15) is 19.5 Å². The maximum atomic E-state index is 11.7. The Morgan fingerprint density at radius 2 is 1.73 bits per heavy atom. The second-order valence-corrected chi connectivity index (χ2v) is 3.79. The fourth-order valence-corrected chi connectivity index (χ4v) is 2.15. The van der Waals surface area contributed by atoms with Gasteiger partial charge in [0.05, 0.1) is 24.3 Å². The number of carbonyl (C=O) groups excluding carboxylic acids is 3. The highest BCUT2D eigenvalue weighted by atomic mass is 16.4. The van der Waals surface area contributed by atoms with E-state index in [0.29, 0.717) is 12.8 Å². The van der Waals surface area contributed by atoms with Crippen molar-refractivity contribution in [1.29, 1.82) is 0 Å². The van der Waals surface area contributed by atoms with Crippen molar-refractivity contribution in [3.05, 3.63) is 12.2 Å². The van der Waals surface area contributed by atoms with E-state index in [2.05, 4.69) is 0 Å². The molecule has 0 radical (unpaired) electrons. The number of carboxylic acid groups (broad SMARTS) is 1. The summed E-state index contributed by atoms with van der Waals surface area (Å²) in [5, 5.41) is 10.4. The van der Waals surface area contributed by atoms with Crippen molar-refractivity contribution in [2.24, 2.45) is 11.8 Å². The first-order valence-electron chi connectivity index (χ1n) is 4.81. The lowest BCUT2D eigenvalue weighted by molar-refractivity contribution is -0.305. The number of aliphatic carboxylic acids is 1. The van der Waals surface area contributed by atoms with Gasteiger partial charge in [-0.1, -0.05) is 12.2 Å². The Labute approximate surface area is 86.4 Å². The normalized spacial score (nSPS) is 29.5. The van der Waals surface area contributed by atoms with Crippen LogP contribution in [0.2, 0.25) is 0 Å². The summed E-state index contributed by atoms with van der Waals surface area (Å²) in [6, 6.07) is 0. The minimum atomic E-state index is -1.40. The van der Waals surface area contributed by atoms with E-state index < -0.39 is 12.5 Å². The molecule has 0 unspecified atom stereocenters. The van der Waals surface area contributed by atoms with Gasteiger partial charge in [-0.25, -0.2) is 0 Å². The third kappa shape index (κ3) is 1.54. The Hall–Kier alpha value is -1.65. The van der Waals surface area contributed by atoms with E-state index >= 15 is 0 Å². The zero-order valence-corrected chi connectivity index (χ0v) is 8.01. The van der Waals surface area contributed by atoms with Gasteiger partial charge in [0.1, 0.15) is 0 Å².